The zero-order valence-corrected chi connectivity index (χ0v) is 10.4. The molecule has 2 rings (SSSR count). The molecule has 0 N–H and O–H groups in total. The molecule has 0 aliphatic carbocycles. The predicted octanol–water partition coefficient (Wildman–Crippen LogP) is 2.25. The van der Waals surface area contributed by atoms with Crippen molar-refractivity contribution in [3.8, 4) is 11.5 Å². The molecule has 0 amide bonds. The molecular weight excluding hydrogens is 202 g/mol. The van der Waals surface area contributed by atoms with Crippen molar-refractivity contribution in [2.75, 3.05) is 27.8 Å². The Hall–Kier alpha value is -1.22. The van der Waals surface area contributed by atoms with Gasteiger partial charge in [-0.2, -0.15) is 0 Å². The highest BCUT2D eigenvalue weighted by Crippen LogP contribution is 2.41. The second-order valence-electron chi connectivity index (χ2n) is 4.28. The molecule has 1 aromatic rings. The molecule has 1 atom stereocenters. The van der Waals surface area contributed by atoms with Gasteiger partial charge in [0.05, 0.1) is 14.2 Å². The van der Waals surface area contributed by atoms with Crippen LogP contribution in [0, 0.1) is 0 Å². The maximum Gasteiger partial charge on any atom is 0.165 e. The number of benzene rings is 1. The third-order valence-electron chi connectivity index (χ3n) is 3.49. The number of hydrogen-bond donors (Lipinski definition) is 0. The molecule has 16 heavy (non-hydrogen) atoms. The van der Waals surface area contributed by atoms with Gasteiger partial charge in [-0.3, -0.25) is 4.90 Å². The molecule has 0 aromatic heterocycles. The number of methoxy groups -OCH3 is 2. The van der Waals surface area contributed by atoms with E-state index in [0.29, 0.717) is 6.04 Å². The Balaban J connectivity index is 2.56. The number of ether oxygens (including phenoxy) is 2. The minimum Gasteiger partial charge on any atom is -0.493 e. The molecule has 0 saturated carbocycles. The van der Waals surface area contributed by atoms with E-state index in [2.05, 4.69) is 24.9 Å². The SMILES string of the molecule is COc1ccc2c(c1OC)[C@@H](C)N(C)CC2. The largest absolute Gasteiger partial charge is 0.493 e. The lowest BCUT2D eigenvalue weighted by atomic mass is 9.92. The van der Waals surface area contributed by atoms with Gasteiger partial charge >= 0.3 is 0 Å². The zero-order chi connectivity index (χ0) is 11.7. The summed E-state index contributed by atoms with van der Waals surface area (Å²) in [6, 6.07) is 4.53. The summed E-state index contributed by atoms with van der Waals surface area (Å²) in [4.78, 5) is 2.34. The normalized spacial score (nSPS) is 20.4. The van der Waals surface area contributed by atoms with Crippen LogP contribution in [0.15, 0.2) is 12.1 Å². The molecule has 3 heteroatoms. The summed E-state index contributed by atoms with van der Waals surface area (Å²) in [7, 11) is 5.54. The molecular formula is C13H19NO2. The van der Waals surface area contributed by atoms with Gasteiger partial charge in [0, 0.05) is 18.2 Å². The Morgan fingerprint density at radius 3 is 2.62 bits per heavy atom. The maximum atomic E-state index is 5.50. The van der Waals surface area contributed by atoms with E-state index in [-0.39, 0.29) is 0 Å². The monoisotopic (exact) mass is 221 g/mol. The van der Waals surface area contributed by atoms with Gasteiger partial charge in [-0.15, -0.1) is 0 Å². The van der Waals surface area contributed by atoms with E-state index in [1.807, 2.05) is 6.07 Å². The average Bonchev–Trinajstić information content (AvgIpc) is 2.32. The van der Waals surface area contributed by atoms with Crippen LogP contribution in [0.5, 0.6) is 11.5 Å². The molecule has 1 aromatic carbocycles. The first-order chi connectivity index (χ1) is 7.69. The lowest BCUT2D eigenvalue weighted by Gasteiger charge is -2.33. The Labute approximate surface area is 97.0 Å². The van der Waals surface area contributed by atoms with Crippen molar-refractivity contribution in [3.63, 3.8) is 0 Å². The van der Waals surface area contributed by atoms with Crippen LogP contribution in [0.4, 0.5) is 0 Å². The van der Waals surface area contributed by atoms with Crippen molar-refractivity contribution < 1.29 is 9.47 Å². The topological polar surface area (TPSA) is 21.7 Å². The number of hydrogen-bond acceptors (Lipinski definition) is 3. The van der Waals surface area contributed by atoms with Gasteiger partial charge in [0.15, 0.2) is 11.5 Å². The van der Waals surface area contributed by atoms with Crippen molar-refractivity contribution in [2.45, 2.75) is 19.4 Å². The van der Waals surface area contributed by atoms with Crippen molar-refractivity contribution in [1.82, 2.24) is 4.90 Å². The van der Waals surface area contributed by atoms with Gasteiger partial charge in [0.2, 0.25) is 0 Å². The standard InChI is InChI=1S/C13H19NO2/c1-9-12-10(7-8-14(9)2)5-6-11(15-3)13(12)16-4/h5-6,9H,7-8H2,1-4H3/t9-/m1/s1. The number of likely N-dealkylation sites (N-methyl/N-ethyl adjacent to an activating group) is 1. The van der Waals surface area contributed by atoms with Gasteiger partial charge in [-0.25, -0.2) is 0 Å². The summed E-state index contributed by atoms with van der Waals surface area (Å²) in [5, 5.41) is 0. The van der Waals surface area contributed by atoms with E-state index in [0.717, 1.165) is 24.5 Å². The van der Waals surface area contributed by atoms with Crippen LogP contribution in [0.1, 0.15) is 24.1 Å². The van der Waals surface area contributed by atoms with Gasteiger partial charge in [-0.1, -0.05) is 6.07 Å². The van der Waals surface area contributed by atoms with E-state index >= 15 is 0 Å². The summed E-state index contributed by atoms with van der Waals surface area (Å²) in [5.74, 6) is 1.71. The molecule has 1 aliphatic heterocycles. The summed E-state index contributed by atoms with van der Waals surface area (Å²) < 4.78 is 10.8. The van der Waals surface area contributed by atoms with Crippen molar-refractivity contribution in [3.05, 3.63) is 23.3 Å². The first kappa shape index (κ1) is 11.3. The fourth-order valence-electron chi connectivity index (χ4n) is 2.38. The Morgan fingerprint density at radius 1 is 1.25 bits per heavy atom. The fraction of sp³-hybridized carbons (Fsp3) is 0.538. The van der Waals surface area contributed by atoms with E-state index < -0.39 is 0 Å². The molecule has 0 fully saturated rings. The van der Waals surface area contributed by atoms with E-state index in [9.17, 15) is 0 Å². The maximum absolute atomic E-state index is 5.50. The minimum atomic E-state index is 0.383. The van der Waals surface area contributed by atoms with Crippen molar-refractivity contribution >= 4 is 0 Å². The molecule has 0 saturated heterocycles. The van der Waals surface area contributed by atoms with Crippen LogP contribution in [-0.4, -0.2) is 32.7 Å². The molecule has 1 aliphatic rings. The predicted molar refractivity (Wildman–Crippen MR) is 64.3 cm³/mol. The Kier molecular flexibility index (Phi) is 3.06. The first-order valence-corrected chi connectivity index (χ1v) is 5.63. The van der Waals surface area contributed by atoms with Crippen molar-refractivity contribution in [1.29, 1.82) is 0 Å². The highest BCUT2D eigenvalue weighted by molar-refractivity contribution is 5.53. The van der Waals surface area contributed by atoms with Crippen LogP contribution >= 0.6 is 0 Å². The smallest absolute Gasteiger partial charge is 0.165 e. The first-order valence-electron chi connectivity index (χ1n) is 5.63. The highest BCUT2D eigenvalue weighted by atomic mass is 16.5. The third-order valence-corrected chi connectivity index (χ3v) is 3.49. The molecule has 0 spiro atoms. The van der Waals surface area contributed by atoms with Crippen LogP contribution in [0.2, 0.25) is 0 Å². The summed E-state index contributed by atoms with van der Waals surface area (Å²) >= 11 is 0. The van der Waals surface area contributed by atoms with Crippen LogP contribution < -0.4 is 9.47 Å². The summed E-state index contributed by atoms with van der Waals surface area (Å²) in [5.41, 5.74) is 2.65. The fourth-order valence-corrected chi connectivity index (χ4v) is 2.38. The van der Waals surface area contributed by atoms with E-state index in [1.54, 1.807) is 14.2 Å². The molecule has 0 unspecified atom stereocenters. The lowest BCUT2D eigenvalue weighted by molar-refractivity contribution is 0.237. The van der Waals surface area contributed by atoms with Gasteiger partial charge in [-0.05, 0) is 32.0 Å². The lowest BCUT2D eigenvalue weighted by Crippen LogP contribution is -2.30. The Bertz CT molecular complexity index is 390. The molecule has 0 bridgehead atoms. The summed E-state index contributed by atoms with van der Waals surface area (Å²) in [6.07, 6.45) is 1.08. The molecule has 3 nitrogen and oxygen atoms in total. The van der Waals surface area contributed by atoms with Crippen LogP contribution in [0.3, 0.4) is 0 Å². The van der Waals surface area contributed by atoms with E-state index in [1.165, 1.54) is 11.1 Å². The second kappa shape index (κ2) is 4.34. The van der Waals surface area contributed by atoms with Gasteiger partial charge in [0.1, 0.15) is 0 Å². The average molecular weight is 221 g/mol. The zero-order valence-electron chi connectivity index (χ0n) is 10.4. The number of nitrogens with zero attached hydrogens (tertiary/aromatic N) is 1. The summed E-state index contributed by atoms with van der Waals surface area (Å²) in [6.45, 7) is 3.31. The highest BCUT2D eigenvalue weighted by Gasteiger charge is 2.26. The van der Waals surface area contributed by atoms with Crippen molar-refractivity contribution in [2.24, 2.45) is 0 Å². The van der Waals surface area contributed by atoms with Crippen LogP contribution in [0.25, 0.3) is 0 Å². The number of fused-ring (bicyclic) bond motifs is 1. The number of rotatable bonds is 2. The molecule has 0 radical (unpaired) electrons. The van der Waals surface area contributed by atoms with Gasteiger partial charge < -0.3 is 9.47 Å². The minimum absolute atomic E-state index is 0.383. The Morgan fingerprint density at radius 2 is 2.00 bits per heavy atom. The van der Waals surface area contributed by atoms with E-state index in [4.69, 9.17) is 9.47 Å². The van der Waals surface area contributed by atoms with Crippen LogP contribution in [-0.2, 0) is 6.42 Å². The second-order valence-corrected chi connectivity index (χ2v) is 4.28. The third kappa shape index (κ3) is 1.65. The quantitative estimate of drug-likeness (QED) is 0.764. The molecule has 1 heterocycles. The molecule has 88 valence electrons. The van der Waals surface area contributed by atoms with Gasteiger partial charge in [0.25, 0.3) is 0 Å².